The third-order valence-electron chi connectivity index (χ3n) is 2.21. The molecule has 2 N–H and O–H groups in total. The number of amides is 2. The summed E-state index contributed by atoms with van der Waals surface area (Å²) in [5.74, 6) is 3.46. The molecular weight excluding hydrogens is 256 g/mol. The Kier molecular flexibility index (Phi) is 6.80. The molecule has 1 saturated heterocycles. The molecule has 6 heteroatoms. The van der Waals surface area contributed by atoms with Gasteiger partial charge in [-0.15, -0.1) is 0 Å². The SMILES string of the molecule is CC(C)CSCCCNC(=O)[C@@H]1CSC(=O)N1. The third kappa shape index (κ3) is 6.21. The van der Waals surface area contributed by atoms with Crippen molar-refractivity contribution in [2.45, 2.75) is 26.3 Å². The normalized spacial score (nSPS) is 19.5. The lowest BCUT2D eigenvalue weighted by atomic mass is 10.3. The van der Waals surface area contributed by atoms with Gasteiger partial charge in [-0.05, 0) is 23.8 Å². The molecule has 0 radical (unpaired) electrons. The van der Waals surface area contributed by atoms with Gasteiger partial charge in [0.25, 0.3) is 5.24 Å². The molecule has 17 heavy (non-hydrogen) atoms. The maximum atomic E-state index is 11.6. The van der Waals surface area contributed by atoms with Gasteiger partial charge in [-0.2, -0.15) is 11.8 Å². The average molecular weight is 276 g/mol. The fraction of sp³-hybridized carbons (Fsp3) is 0.818. The van der Waals surface area contributed by atoms with Crippen LogP contribution >= 0.6 is 23.5 Å². The standard InChI is InChI=1S/C11H20N2O2S2/c1-8(2)6-16-5-3-4-12-10(14)9-7-17-11(15)13-9/h8-9H,3-7H2,1-2H3,(H,12,14)(H,13,15)/t9-/m0/s1. The van der Waals surface area contributed by atoms with Crippen molar-refractivity contribution in [2.24, 2.45) is 5.92 Å². The summed E-state index contributed by atoms with van der Waals surface area (Å²) in [7, 11) is 0. The van der Waals surface area contributed by atoms with Crippen molar-refractivity contribution in [1.82, 2.24) is 10.6 Å². The summed E-state index contributed by atoms with van der Waals surface area (Å²) in [6, 6.07) is -0.337. The number of rotatable bonds is 7. The molecule has 0 aromatic rings. The molecule has 2 amide bonds. The number of hydrogen-bond donors (Lipinski definition) is 2. The average Bonchev–Trinajstić information content (AvgIpc) is 2.69. The number of nitrogens with one attached hydrogen (secondary N) is 2. The van der Waals surface area contributed by atoms with Crippen LogP contribution in [-0.4, -0.2) is 41.0 Å². The summed E-state index contributed by atoms with van der Waals surface area (Å²) >= 11 is 3.09. The number of carbonyl (C=O) groups excluding carboxylic acids is 2. The van der Waals surface area contributed by atoms with E-state index in [1.807, 2.05) is 11.8 Å². The van der Waals surface area contributed by atoms with Crippen LogP contribution < -0.4 is 10.6 Å². The second-order valence-corrected chi connectivity index (χ2v) is 6.55. The van der Waals surface area contributed by atoms with Gasteiger partial charge in [0.05, 0.1) is 0 Å². The molecule has 0 spiro atoms. The quantitative estimate of drug-likeness (QED) is 0.695. The molecule has 0 aliphatic carbocycles. The van der Waals surface area contributed by atoms with Gasteiger partial charge in [-0.25, -0.2) is 0 Å². The van der Waals surface area contributed by atoms with Crippen LogP contribution in [0.25, 0.3) is 0 Å². The van der Waals surface area contributed by atoms with E-state index >= 15 is 0 Å². The van der Waals surface area contributed by atoms with E-state index in [2.05, 4.69) is 24.5 Å². The molecule has 0 saturated carbocycles. The van der Waals surface area contributed by atoms with Crippen molar-refractivity contribution in [1.29, 1.82) is 0 Å². The van der Waals surface area contributed by atoms with Gasteiger partial charge in [-0.1, -0.05) is 25.6 Å². The van der Waals surface area contributed by atoms with E-state index < -0.39 is 0 Å². The first kappa shape index (κ1) is 14.7. The van der Waals surface area contributed by atoms with Crippen molar-refractivity contribution < 1.29 is 9.59 Å². The zero-order valence-electron chi connectivity index (χ0n) is 10.3. The fourth-order valence-corrected chi connectivity index (χ4v) is 3.12. The smallest absolute Gasteiger partial charge is 0.279 e. The number of thioether (sulfide) groups is 2. The minimum Gasteiger partial charge on any atom is -0.354 e. The Labute approximate surface area is 111 Å². The molecule has 1 aliphatic rings. The van der Waals surface area contributed by atoms with E-state index in [4.69, 9.17) is 0 Å². The van der Waals surface area contributed by atoms with Gasteiger partial charge in [0.1, 0.15) is 6.04 Å². The van der Waals surface area contributed by atoms with E-state index in [-0.39, 0.29) is 17.2 Å². The number of hydrogen-bond acceptors (Lipinski definition) is 4. The molecule has 98 valence electrons. The Bertz CT molecular complexity index is 272. The van der Waals surface area contributed by atoms with Gasteiger partial charge in [0.15, 0.2) is 0 Å². The van der Waals surface area contributed by atoms with Crippen molar-refractivity contribution in [3.8, 4) is 0 Å². The van der Waals surface area contributed by atoms with E-state index in [1.54, 1.807) is 0 Å². The second-order valence-electron chi connectivity index (χ2n) is 4.41. The van der Waals surface area contributed by atoms with Gasteiger partial charge in [0, 0.05) is 12.3 Å². The summed E-state index contributed by atoms with van der Waals surface area (Å²) < 4.78 is 0. The van der Waals surface area contributed by atoms with E-state index in [0.29, 0.717) is 12.3 Å². The van der Waals surface area contributed by atoms with Gasteiger partial charge >= 0.3 is 0 Å². The first-order valence-electron chi connectivity index (χ1n) is 5.88. The lowest BCUT2D eigenvalue weighted by Crippen LogP contribution is -2.43. The zero-order chi connectivity index (χ0) is 12.7. The van der Waals surface area contributed by atoms with Crippen LogP contribution in [-0.2, 0) is 4.79 Å². The summed E-state index contributed by atoms with van der Waals surface area (Å²) in [6.45, 7) is 5.10. The maximum Gasteiger partial charge on any atom is 0.279 e. The Morgan fingerprint density at radius 1 is 1.65 bits per heavy atom. The van der Waals surface area contributed by atoms with Gasteiger partial charge < -0.3 is 10.6 Å². The van der Waals surface area contributed by atoms with Gasteiger partial charge in [0.2, 0.25) is 5.91 Å². The summed E-state index contributed by atoms with van der Waals surface area (Å²) in [5, 5.41) is 5.38. The molecule has 0 unspecified atom stereocenters. The molecule has 1 aliphatic heterocycles. The summed E-state index contributed by atoms with van der Waals surface area (Å²) in [6.07, 6.45) is 0.983. The van der Waals surface area contributed by atoms with Crippen molar-refractivity contribution in [2.75, 3.05) is 23.8 Å². The van der Waals surface area contributed by atoms with Crippen LogP contribution in [0.5, 0.6) is 0 Å². The Hall–Kier alpha value is -0.360. The van der Waals surface area contributed by atoms with Crippen LogP contribution in [0.3, 0.4) is 0 Å². The topological polar surface area (TPSA) is 58.2 Å². The summed E-state index contributed by atoms with van der Waals surface area (Å²) in [4.78, 5) is 22.5. The van der Waals surface area contributed by atoms with Crippen molar-refractivity contribution in [3.05, 3.63) is 0 Å². The maximum absolute atomic E-state index is 11.6. The van der Waals surface area contributed by atoms with E-state index in [9.17, 15) is 9.59 Å². The Morgan fingerprint density at radius 2 is 2.41 bits per heavy atom. The lowest BCUT2D eigenvalue weighted by molar-refractivity contribution is -0.122. The summed E-state index contributed by atoms with van der Waals surface area (Å²) in [5.41, 5.74) is 0. The van der Waals surface area contributed by atoms with Crippen LogP contribution in [0.15, 0.2) is 0 Å². The van der Waals surface area contributed by atoms with Crippen molar-refractivity contribution >= 4 is 34.7 Å². The lowest BCUT2D eigenvalue weighted by Gasteiger charge is -2.10. The third-order valence-corrected chi connectivity index (χ3v) is 4.57. The highest BCUT2D eigenvalue weighted by Crippen LogP contribution is 2.12. The first-order valence-corrected chi connectivity index (χ1v) is 8.02. The molecule has 1 atom stereocenters. The van der Waals surface area contributed by atoms with E-state index in [1.165, 1.54) is 17.5 Å². The van der Waals surface area contributed by atoms with Crippen LogP contribution in [0.2, 0.25) is 0 Å². The highest BCUT2D eigenvalue weighted by atomic mass is 32.2. The predicted molar refractivity (Wildman–Crippen MR) is 74.6 cm³/mol. The Morgan fingerprint density at radius 3 is 3.00 bits per heavy atom. The highest BCUT2D eigenvalue weighted by molar-refractivity contribution is 8.14. The predicted octanol–water partition coefficient (Wildman–Crippen LogP) is 1.71. The van der Waals surface area contributed by atoms with Crippen LogP contribution in [0, 0.1) is 5.92 Å². The van der Waals surface area contributed by atoms with Crippen LogP contribution in [0.4, 0.5) is 4.79 Å². The molecule has 1 fully saturated rings. The van der Waals surface area contributed by atoms with Gasteiger partial charge in [-0.3, -0.25) is 9.59 Å². The molecule has 0 bridgehead atoms. The fourth-order valence-electron chi connectivity index (χ4n) is 1.35. The molecule has 1 heterocycles. The first-order chi connectivity index (χ1) is 8.09. The zero-order valence-corrected chi connectivity index (χ0v) is 12.0. The molecule has 0 aromatic heterocycles. The van der Waals surface area contributed by atoms with E-state index in [0.717, 1.165) is 18.1 Å². The minimum atomic E-state index is -0.337. The number of carbonyl (C=O) groups is 2. The van der Waals surface area contributed by atoms with Crippen molar-refractivity contribution in [3.63, 3.8) is 0 Å². The molecule has 0 aromatic carbocycles. The largest absolute Gasteiger partial charge is 0.354 e. The second kappa shape index (κ2) is 7.87. The highest BCUT2D eigenvalue weighted by Gasteiger charge is 2.27. The molecule has 1 rings (SSSR count). The minimum absolute atomic E-state index is 0.0581. The molecular formula is C11H20N2O2S2. The monoisotopic (exact) mass is 276 g/mol. The molecule has 4 nitrogen and oxygen atoms in total. The Balaban J connectivity index is 1.99. The van der Waals surface area contributed by atoms with Crippen LogP contribution in [0.1, 0.15) is 20.3 Å².